The van der Waals surface area contributed by atoms with Crippen LogP contribution in [0.2, 0.25) is 0 Å². The molecule has 0 saturated heterocycles. The molecule has 0 fully saturated rings. The Bertz CT molecular complexity index is 789. The predicted molar refractivity (Wildman–Crippen MR) is 91.1 cm³/mol. The molecule has 1 aromatic carbocycles. The number of anilines is 1. The predicted octanol–water partition coefficient (Wildman–Crippen LogP) is 4.04. The first-order chi connectivity index (χ1) is 10.2. The van der Waals surface area contributed by atoms with E-state index in [4.69, 9.17) is 5.73 Å². The van der Waals surface area contributed by atoms with Gasteiger partial charge in [0.05, 0.1) is 11.4 Å². The number of benzene rings is 1. The Labute approximate surface area is 131 Å². The number of hydrogen-bond donors (Lipinski definition) is 2. The lowest BCUT2D eigenvalue weighted by Gasteiger charge is -2.03. The molecule has 0 atom stereocenters. The van der Waals surface area contributed by atoms with Crippen LogP contribution in [0.25, 0.3) is 10.1 Å². The van der Waals surface area contributed by atoms with Crippen LogP contribution in [0, 0.1) is 0 Å². The van der Waals surface area contributed by atoms with Crippen molar-refractivity contribution in [2.45, 2.75) is 19.9 Å². The summed E-state index contributed by atoms with van der Waals surface area (Å²) in [5, 5.41) is 6.10. The SMILES string of the molecule is CCc1ccsc1CNC(=O)c1cc2cc(N)ccc2s1. The number of amides is 1. The molecule has 0 aliphatic rings. The Hall–Kier alpha value is -1.85. The topological polar surface area (TPSA) is 55.1 Å². The number of nitrogens with two attached hydrogens (primary N) is 1. The summed E-state index contributed by atoms with van der Waals surface area (Å²) < 4.78 is 1.08. The maximum Gasteiger partial charge on any atom is 0.261 e. The van der Waals surface area contributed by atoms with Crippen LogP contribution in [0.4, 0.5) is 5.69 Å². The average molecular weight is 316 g/mol. The molecule has 3 rings (SSSR count). The normalized spacial score (nSPS) is 10.9. The highest BCUT2D eigenvalue weighted by atomic mass is 32.1. The van der Waals surface area contributed by atoms with Crippen LogP contribution in [0.5, 0.6) is 0 Å². The molecule has 0 aliphatic heterocycles. The lowest BCUT2D eigenvalue weighted by atomic mass is 10.2. The number of carbonyl (C=O) groups is 1. The molecule has 108 valence electrons. The van der Waals surface area contributed by atoms with Gasteiger partial charge >= 0.3 is 0 Å². The Balaban J connectivity index is 1.75. The van der Waals surface area contributed by atoms with Gasteiger partial charge in [0.1, 0.15) is 0 Å². The molecule has 2 aromatic heterocycles. The van der Waals surface area contributed by atoms with Gasteiger partial charge in [0.25, 0.3) is 5.91 Å². The molecule has 0 aliphatic carbocycles. The van der Waals surface area contributed by atoms with Crippen molar-refractivity contribution in [3.05, 3.63) is 51.0 Å². The molecular formula is C16H16N2OS2. The van der Waals surface area contributed by atoms with Crippen molar-refractivity contribution in [2.75, 3.05) is 5.73 Å². The molecule has 0 radical (unpaired) electrons. The van der Waals surface area contributed by atoms with Crippen molar-refractivity contribution in [2.24, 2.45) is 0 Å². The summed E-state index contributed by atoms with van der Waals surface area (Å²) in [6.45, 7) is 2.72. The van der Waals surface area contributed by atoms with Crippen molar-refractivity contribution in [1.82, 2.24) is 5.32 Å². The minimum absolute atomic E-state index is 0.0229. The number of aryl methyl sites for hydroxylation is 1. The average Bonchev–Trinajstić information content (AvgIpc) is 3.10. The molecule has 3 N–H and O–H groups in total. The number of fused-ring (bicyclic) bond motifs is 1. The second kappa shape index (κ2) is 5.87. The largest absolute Gasteiger partial charge is 0.399 e. The summed E-state index contributed by atoms with van der Waals surface area (Å²) >= 11 is 3.19. The van der Waals surface area contributed by atoms with Crippen LogP contribution in [0.15, 0.2) is 35.7 Å². The van der Waals surface area contributed by atoms with E-state index in [1.54, 1.807) is 11.3 Å². The first-order valence-corrected chi connectivity index (χ1v) is 8.49. The third kappa shape index (κ3) is 2.94. The Morgan fingerprint density at radius 2 is 2.14 bits per heavy atom. The first kappa shape index (κ1) is 14.1. The number of nitrogen functional groups attached to an aromatic ring is 1. The van der Waals surface area contributed by atoms with Gasteiger partial charge in [0.15, 0.2) is 0 Å². The third-order valence-corrected chi connectivity index (χ3v) is 5.47. The second-order valence-corrected chi connectivity index (χ2v) is 6.90. The van der Waals surface area contributed by atoms with E-state index in [0.29, 0.717) is 6.54 Å². The zero-order valence-electron chi connectivity index (χ0n) is 11.7. The van der Waals surface area contributed by atoms with Crippen molar-refractivity contribution >= 4 is 44.4 Å². The smallest absolute Gasteiger partial charge is 0.261 e. The summed E-state index contributed by atoms with van der Waals surface area (Å²) in [6, 6.07) is 9.74. The molecule has 5 heteroatoms. The molecule has 0 bridgehead atoms. The summed E-state index contributed by atoms with van der Waals surface area (Å²) in [6.07, 6.45) is 0.997. The highest BCUT2D eigenvalue weighted by Gasteiger charge is 2.11. The van der Waals surface area contributed by atoms with Gasteiger partial charge in [-0.25, -0.2) is 0 Å². The molecule has 0 unspecified atom stereocenters. The summed E-state index contributed by atoms with van der Waals surface area (Å²) in [7, 11) is 0. The van der Waals surface area contributed by atoms with Gasteiger partial charge in [0, 0.05) is 15.3 Å². The Morgan fingerprint density at radius 3 is 2.95 bits per heavy atom. The number of hydrogen-bond acceptors (Lipinski definition) is 4. The third-order valence-electron chi connectivity index (χ3n) is 3.39. The number of thiophene rings is 2. The van der Waals surface area contributed by atoms with E-state index in [1.165, 1.54) is 21.8 Å². The minimum atomic E-state index is -0.0229. The highest BCUT2D eigenvalue weighted by Crippen LogP contribution is 2.27. The van der Waals surface area contributed by atoms with Gasteiger partial charge in [0.2, 0.25) is 0 Å². The number of nitrogens with one attached hydrogen (secondary N) is 1. The minimum Gasteiger partial charge on any atom is -0.399 e. The lowest BCUT2D eigenvalue weighted by Crippen LogP contribution is -2.21. The van der Waals surface area contributed by atoms with E-state index in [-0.39, 0.29) is 5.91 Å². The molecule has 1 amide bonds. The van der Waals surface area contributed by atoms with Crippen LogP contribution in [-0.2, 0) is 13.0 Å². The van der Waals surface area contributed by atoms with Crippen LogP contribution in [0.3, 0.4) is 0 Å². The molecule has 3 nitrogen and oxygen atoms in total. The molecule has 3 aromatic rings. The van der Waals surface area contributed by atoms with E-state index in [0.717, 1.165) is 27.1 Å². The van der Waals surface area contributed by atoms with Gasteiger partial charge in [-0.3, -0.25) is 4.79 Å². The van der Waals surface area contributed by atoms with Crippen LogP contribution in [-0.4, -0.2) is 5.91 Å². The molecule has 0 spiro atoms. The van der Waals surface area contributed by atoms with E-state index >= 15 is 0 Å². The molecular weight excluding hydrogens is 300 g/mol. The van der Waals surface area contributed by atoms with Crippen LogP contribution >= 0.6 is 22.7 Å². The lowest BCUT2D eigenvalue weighted by molar-refractivity contribution is 0.0955. The van der Waals surface area contributed by atoms with E-state index < -0.39 is 0 Å². The van der Waals surface area contributed by atoms with Crippen molar-refractivity contribution < 1.29 is 4.79 Å². The molecule has 21 heavy (non-hydrogen) atoms. The first-order valence-electron chi connectivity index (χ1n) is 6.80. The number of rotatable bonds is 4. The fourth-order valence-corrected chi connectivity index (χ4v) is 4.13. The van der Waals surface area contributed by atoms with Crippen LogP contribution < -0.4 is 11.1 Å². The fourth-order valence-electron chi connectivity index (χ4n) is 2.26. The molecule has 0 saturated carbocycles. The maximum atomic E-state index is 12.3. The highest BCUT2D eigenvalue weighted by molar-refractivity contribution is 7.20. The maximum absolute atomic E-state index is 12.3. The zero-order valence-corrected chi connectivity index (χ0v) is 13.3. The summed E-state index contributed by atoms with van der Waals surface area (Å²) in [4.78, 5) is 14.2. The van der Waals surface area contributed by atoms with Crippen molar-refractivity contribution in [3.63, 3.8) is 0 Å². The van der Waals surface area contributed by atoms with Crippen molar-refractivity contribution in [3.8, 4) is 0 Å². The Kier molecular flexibility index (Phi) is 3.94. The van der Waals surface area contributed by atoms with Crippen LogP contribution in [0.1, 0.15) is 27.0 Å². The van der Waals surface area contributed by atoms with Gasteiger partial charge in [-0.05, 0) is 53.1 Å². The van der Waals surface area contributed by atoms with E-state index in [1.807, 2.05) is 24.3 Å². The zero-order chi connectivity index (χ0) is 14.8. The monoisotopic (exact) mass is 316 g/mol. The van der Waals surface area contributed by atoms with E-state index in [9.17, 15) is 4.79 Å². The van der Waals surface area contributed by atoms with Crippen molar-refractivity contribution in [1.29, 1.82) is 0 Å². The van der Waals surface area contributed by atoms with Gasteiger partial charge in [-0.2, -0.15) is 0 Å². The summed E-state index contributed by atoms with van der Waals surface area (Å²) in [5.74, 6) is -0.0229. The quantitative estimate of drug-likeness (QED) is 0.714. The van der Waals surface area contributed by atoms with Gasteiger partial charge in [-0.1, -0.05) is 6.92 Å². The van der Waals surface area contributed by atoms with Gasteiger partial charge < -0.3 is 11.1 Å². The van der Waals surface area contributed by atoms with E-state index in [2.05, 4.69) is 23.7 Å². The Morgan fingerprint density at radius 1 is 1.29 bits per heavy atom. The standard InChI is InChI=1S/C16H16N2OS2/c1-2-10-5-6-20-15(10)9-18-16(19)14-8-11-7-12(17)3-4-13(11)21-14/h3-8H,2,9,17H2,1H3,(H,18,19). The molecule has 2 heterocycles. The second-order valence-electron chi connectivity index (χ2n) is 4.81. The summed E-state index contributed by atoms with van der Waals surface area (Å²) in [5.41, 5.74) is 7.80. The fraction of sp³-hybridized carbons (Fsp3) is 0.188. The number of carbonyl (C=O) groups excluding carboxylic acids is 1. The van der Waals surface area contributed by atoms with Gasteiger partial charge in [-0.15, -0.1) is 22.7 Å².